The highest BCUT2D eigenvalue weighted by molar-refractivity contribution is 5.84. The van der Waals surface area contributed by atoms with Crippen LogP contribution in [0.3, 0.4) is 0 Å². The van der Waals surface area contributed by atoms with Crippen LogP contribution in [0.25, 0.3) is 0 Å². The first kappa shape index (κ1) is 23.2. The number of carbonyl (C=O) groups is 2. The first-order chi connectivity index (χ1) is 12.0. The van der Waals surface area contributed by atoms with E-state index in [1.54, 1.807) is 0 Å². The van der Waals surface area contributed by atoms with Gasteiger partial charge in [-0.1, -0.05) is 46.0 Å². The minimum absolute atomic E-state index is 0.0265. The van der Waals surface area contributed by atoms with Gasteiger partial charge < -0.3 is 21.5 Å². The molecule has 7 nitrogen and oxygen atoms in total. The summed E-state index contributed by atoms with van der Waals surface area (Å²) in [5.41, 5.74) is 10.6. The Morgan fingerprint density at radius 2 is 1.68 bits per heavy atom. The van der Waals surface area contributed by atoms with E-state index in [-0.39, 0.29) is 17.8 Å². The monoisotopic (exact) mass is 356 g/mol. The molecule has 0 saturated heterocycles. The molecule has 1 amide bonds. The molecule has 7 heteroatoms. The Morgan fingerprint density at radius 1 is 1.00 bits per heavy atom. The summed E-state index contributed by atoms with van der Waals surface area (Å²) >= 11 is 0. The van der Waals surface area contributed by atoms with Crippen LogP contribution in [0.2, 0.25) is 0 Å². The van der Waals surface area contributed by atoms with Gasteiger partial charge in [0.25, 0.3) is 0 Å². The molecule has 0 aliphatic heterocycles. The minimum atomic E-state index is -0.630. The van der Waals surface area contributed by atoms with Crippen LogP contribution in [0.1, 0.15) is 78.1 Å². The molecule has 0 radical (unpaired) electrons. The predicted molar refractivity (Wildman–Crippen MR) is 101 cm³/mol. The zero-order valence-electron chi connectivity index (χ0n) is 15.9. The molecule has 0 aliphatic carbocycles. The van der Waals surface area contributed by atoms with Crippen LogP contribution in [0, 0.1) is 0 Å². The number of rotatable bonds is 15. The van der Waals surface area contributed by atoms with Gasteiger partial charge in [0.1, 0.15) is 6.04 Å². The molecule has 0 aromatic heterocycles. The highest BCUT2D eigenvalue weighted by Crippen LogP contribution is 2.06. The number of guanidine groups is 1. The van der Waals surface area contributed by atoms with Gasteiger partial charge in [0.15, 0.2) is 5.96 Å². The lowest BCUT2D eigenvalue weighted by atomic mass is 10.1. The number of carbonyl (C=O) groups excluding carboxylic acids is 2. The molecule has 0 rings (SSSR count). The number of nitrogens with zero attached hydrogens (tertiary/aromatic N) is 1. The number of ether oxygens (including phenoxy) is 1. The summed E-state index contributed by atoms with van der Waals surface area (Å²) in [7, 11) is 0. The van der Waals surface area contributed by atoms with E-state index in [9.17, 15) is 9.59 Å². The second kappa shape index (κ2) is 15.7. The Bertz CT molecular complexity index is 396. The van der Waals surface area contributed by atoms with E-state index in [1.807, 2.05) is 0 Å². The van der Waals surface area contributed by atoms with Gasteiger partial charge in [0.2, 0.25) is 5.91 Å². The Morgan fingerprint density at radius 3 is 2.32 bits per heavy atom. The number of esters is 1. The molecule has 0 saturated carbocycles. The topological polar surface area (TPSA) is 120 Å². The number of aliphatic imine (C=N–C) groups is 1. The fourth-order valence-electron chi connectivity index (χ4n) is 2.36. The van der Waals surface area contributed by atoms with E-state index in [1.165, 1.54) is 0 Å². The quantitative estimate of drug-likeness (QED) is 0.180. The van der Waals surface area contributed by atoms with Crippen LogP contribution in [-0.2, 0) is 14.3 Å². The van der Waals surface area contributed by atoms with Crippen molar-refractivity contribution in [2.45, 2.75) is 84.1 Å². The van der Waals surface area contributed by atoms with Crippen molar-refractivity contribution < 1.29 is 14.3 Å². The van der Waals surface area contributed by atoms with E-state index in [0.717, 1.165) is 44.9 Å². The highest BCUT2D eigenvalue weighted by atomic mass is 16.5. The van der Waals surface area contributed by atoms with Crippen LogP contribution in [0.4, 0.5) is 0 Å². The van der Waals surface area contributed by atoms with Crippen LogP contribution >= 0.6 is 0 Å². The summed E-state index contributed by atoms with van der Waals surface area (Å²) in [6, 6.07) is -0.630. The summed E-state index contributed by atoms with van der Waals surface area (Å²) in [5, 5.41) is 2.79. The van der Waals surface area contributed by atoms with Crippen LogP contribution < -0.4 is 16.8 Å². The van der Waals surface area contributed by atoms with E-state index in [0.29, 0.717) is 32.4 Å². The summed E-state index contributed by atoms with van der Waals surface area (Å²) in [5.74, 6) is -0.452. The van der Waals surface area contributed by atoms with Crippen LogP contribution in [-0.4, -0.2) is 37.0 Å². The maximum Gasteiger partial charge on any atom is 0.328 e. The Hall–Kier alpha value is -1.79. The van der Waals surface area contributed by atoms with Gasteiger partial charge in [0.05, 0.1) is 6.61 Å². The van der Waals surface area contributed by atoms with E-state index < -0.39 is 6.04 Å². The molecule has 0 aliphatic rings. The zero-order valence-corrected chi connectivity index (χ0v) is 15.9. The number of amides is 1. The van der Waals surface area contributed by atoms with Crippen molar-refractivity contribution in [2.24, 2.45) is 16.5 Å². The third-order valence-electron chi connectivity index (χ3n) is 3.81. The molecule has 0 spiro atoms. The van der Waals surface area contributed by atoms with Crippen molar-refractivity contribution >= 4 is 17.8 Å². The second-order valence-electron chi connectivity index (χ2n) is 6.25. The van der Waals surface area contributed by atoms with Gasteiger partial charge >= 0.3 is 5.97 Å². The fraction of sp³-hybridized carbons (Fsp3) is 0.833. The fourth-order valence-corrected chi connectivity index (χ4v) is 2.36. The van der Waals surface area contributed by atoms with Gasteiger partial charge in [-0.25, -0.2) is 4.79 Å². The molecule has 25 heavy (non-hydrogen) atoms. The predicted octanol–water partition coefficient (Wildman–Crippen LogP) is 2.23. The second-order valence-corrected chi connectivity index (χ2v) is 6.25. The van der Waals surface area contributed by atoms with Crippen molar-refractivity contribution in [3.05, 3.63) is 0 Å². The average molecular weight is 357 g/mol. The smallest absolute Gasteiger partial charge is 0.328 e. The van der Waals surface area contributed by atoms with Crippen molar-refractivity contribution in [1.82, 2.24) is 5.32 Å². The Balaban J connectivity index is 4.36. The van der Waals surface area contributed by atoms with Gasteiger partial charge in [-0.05, 0) is 25.7 Å². The number of hydrogen-bond acceptors (Lipinski definition) is 4. The van der Waals surface area contributed by atoms with Gasteiger partial charge in [-0.2, -0.15) is 0 Å². The number of nitrogens with two attached hydrogens (primary N) is 2. The number of nitrogens with one attached hydrogen (secondary N) is 1. The third-order valence-corrected chi connectivity index (χ3v) is 3.81. The molecular formula is C18H36N4O3. The Kier molecular flexibility index (Phi) is 14.6. The Labute approximate surface area is 152 Å². The summed E-state index contributed by atoms with van der Waals surface area (Å²) < 4.78 is 5.32. The van der Waals surface area contributed by atoms with Gasteiger partial charge in [-0.3, -0.25) is 9.79 Å². The highest BCUT2D eigenvalue weighted by Gasteiger charge is 2.21. The number of unbranched alkanes of at least 4 members (excludes halogenated alkanes) is 5. The SMILES string of the molecule is CCCCCCOC(=O)[C@H](CCCN=C(N)N)NC(=O)CCCCC. The van der Waals surface area contributed by atoms with Gasteiger partial charge in [0, 0.05) is 13.0 Å². The minimum Gasteiger partial charge on any atom is -0.464 e. The third kappa shape index (κ3) is 14.3. The lowest BCUT2D eigenvalue weighted by Gasteiger charge is -2.17. The van der Waals surface area contributed by atoms with Crippen molar-refractivity contribution in [3.63, 3.8) is 0 Å². The largest absolute Gasteiger partial charge is 0.464 e. The normalized spacial score (nSPS) is 11.6. The maximum atomic E-state index is 12.2. The number of hydrogen-bond donors (Lipinski definition) is 3. The first-order valence-electron chi connectivity index (χ1n) is 9.52. The van der Waals surface area contributed by atoms with Crippen molar-refractivity contribution in [2.75, 3.05) is 13.2 Å². The molecule has 0 bridgehead atoms. The summed E-state index contributed by atoms with van der Waals surface area (Å²) in [6.45, 7) is 5.04. The van der Waals surface area contributed by atoms with Crippen LogP contribution in [0.15, 0.2) is 4.99 Å². The standard InChI is InChI=1S/C18H36N4O3/c1-3-5-7-9-14-25-17(24)15(11-10-13-21-18(19)20)22-16(23)12-8-6-4-2/h15H,3-14H2,1-2H3,(H,22,23)(H4,19,20,21)/t15-/m0/s1. The molecule has 0 fully saturated rings. The van der Waals surface area contributed by atoms with E-state index >= 15 is 0 Å². The average Bonchev–Trinajstić information content (AvgIpc) is 2.57. The van der Waals surface area contributed by atoms with Crippen molar-refractivity contribution in [3.8, 4) is 0 Å². The van der Waals surface area contributed by atoms with Gasteiger partial charge in [-0.15, -0.1) is 0 Å². The zero-order chi connectivity index (χ0) is 18.9. The lowest BCUT2D eigenvalue weighted by molar-refractivity contribution is -0.148. The molecular weight excluding hydrogens is 320 g/mol. The maximum absolute atomic E-state index is 12.2. The lowest BCUT2D eigenvalue weighted by Crippen LogP contribution is -2.42. The summed E-state index contributed by atoms with van der Waals surface area (Å²) in [6.07, 6.45) is 8.54. The van der Waals surface area contributed by atoms with Crippen molar-refractivity contribution in [1.29, 1.82) is 0 Å². The van der Waals surface area contributed by atoms with E-state index in [4.69, 9.17) is 16.2 Å². The molecule has 146 valence electrons. The molecule has 0 aromatic rings. The molecule has 1 atom stereocenters. The molecule has 0 aromatic carbocycles. The molecule has 0 heterocycles. The molecule has 5 N–H and O–H groups in total. The first-order valence-corrected chi connectivity index (χ1v) is 9.52. The molecule has 0 unspecified atom stereocenters. The van der Waals surface area contributed by atoms with E-state index in [2.05, 4.69) is 24.2 Å². The van der Waals surface area contributed by atoms with Crippen LogP contribution in [0.5, 0.6) is 0 Å². The summed E-state index contributed by atoms with van der Waals surface area (Å²) in [4.78, 5) is 28.1.